The van der Waals surface area contributed by atoms with E-state index in [1.807, 2.05) is 11.0 Å². The van der Waals surface area contributed by atoms with Gasteiger partial charge in [-0.25, -0.2) is 14.4 Å². The van der Waals surface area contributed by atoms with Gasteiger partial charge in [0.1, 0.15) is 5.82 Å². The molecule has 138 valence electrons. The van der Waals surface area contributed by atoms with Gasteiger partial charge in [0.05, 0.1) is 18.2 Å². The first-order valence-corrected chi connectivity index (χ1v) is 9.05. The topological polar surface area (TPSA) is 57.6 Å². The van der Waals surface area contributed by atoms with Crippen LogP contribution >= 0.6 is 11.6 Å². The molecule has 2 aromatic heterocycles. The van der Waals surface area contributed by atoms with E-state index in [4.69, 9.17) is 21.3 Å². The predicted molar refractivity (Wildman–Crippen MR) is 98.7 cm³/mol. The molecule has 0 radical (unpaired) electrons. The number of nitrogens with zero attached hydrogens (tertiary/aromatic N) is 6. The van der Waals surface area contributed by atoms with Crippen LogP contribution in [0.25, 0.3) is 0 Å². The van der Waals surface area contributed by atoms with Crippen molar-refractivity contribution in [2.24, 2.45) is 0 Å². The summed E-state index contributed by atoms with van der Waals surface area (Å²) in [6.07, 6.45) is 3.27. The minimum Gasteiger partial charge on any atom is -0.378 e. The van der Waals surface area contributed by atoms with Crippen LogP contribution in [-0.4, -0.2) is 67.4 Å². The molecule has 0 aliphatic carbocycles. The number of piperazine rings is 1. The van der Waals surface area contributed by atoms with Crippen LogP contribution in [0.3, 0.4) is 0 Å². The molecule has 2 fully saturated rings. The number of aromatic nitrogens is 3. The van der Waals surface area contributed by atoms with Crippen molar-refractivity contribution in [2.45, 2.75) is 0 Å². The Morgan fingerprint density at radius 2 is 1.69 bits per heavy atom. The summed E-state index contributed by atoms with van der Waals surface area (Å²) in [6.45, 7) is 5.83. The van der Waals surface area contributed by atoms with Crippen LogP contribution in [0.5, 0.6) is 0 Å². The lowest BCUT2D eigenvalue weighted by Gasteiger charge is -2.36. The maximum Gasteiger partial charge on any atom is 0.227 e. The number of halogens is 2. The van der Waals surface area contributed by atoms with E-state index in [0.717, 1.165) is 37.9 Å². The second kappa shape index (κ2) is 7.59. The quantitative estimate of drug-likeness (QED) is 0.807. The molecular formula is C17H20ClFN6O. The standard InChI is InChI=1S/C17H20ClFN6O/c18-13-11-14(19)16(21-12-13)24-5-3-23(4-6-24)15-1-2-20-17(22-15)25-7-9-26-10-8-25/h1-2,11-12H,3-10H2. The largest absolute Gasteiger partial charge is 0.378 e. The van der Waals surface area contributed by atoms with E-state index in [2.05, 4.69) is 19.8 Å². The van der Waals surface area contributed by atoms with Crippen LogP contribution in [0.1, 0.15) is 0 Å². The molecule has 0 amide bonds. The summed E-state index contributed by atoms with van der Waals surface area (Å²) in [6, 6.07) is 3.22. The van der Waals surface area contributed by atoms with Gasteiger partial charge < -0.3 is 19.4 Å². The van der Waals surface area contributed by atoms with E-state index in [0.29, 0.717) is 37.1 Å². The number of ether oxygens (including phenoxy) is 1. The highest BCUT2D eigenvalue weighted by Gasteiger charge is 2.22. The monoisotopic (exact) mass is 378 g/mol. The van der Waals surface area contributed by atoms with E-state index >= 15 is 0 Å². The van der Waals surface area contributed by atoms with Gasteiger partial charge in [-0.2, -0.15) is 4.98 Å². The fraction of sp³-hybridized carbons (Fsp3) is 0.471. The molecule has 0 aromatic carbocycles. The second-order valence-corrected chi connectivity index (χ2v) is 6.68. The van der Waals surface area contributed by atoms with Crippen molar-refractivity contribution < 1.29 is 9.13 Å². The highest BCUT2D eigenvalue weighted by Crippen LogP contribution is 2.23. The van der Waals surface area contributed by atoms with Crippen molar-refractivity contribution in [1.29, 1.82) is 0 Å². The molecule has 0 N–H and O–H groups in total. The van der Waals surface area contributed by atoms with Gasteiger partial charge in [-0.15, -0.1) is 0 Å². The van der Waals surface area contributed by atoms with Crippen molar-refractivity contribution in [1.82, 2.24) is 15.0 Å². The molecule has 2 aliphatic heterocycles. The van der Waals surface area contributed by atoms with Crippen LogP contribution in [0.15, 0.2) is 24.5 Å². The maximum atomic E-state index is 14.1. The Morgan fingerprint density at radius 3 is 2.42 bits per heavy atom. The number of pyridine rings is 1. The van der Waals surface area contributed by atoms with Gasteiger partial charge in [-0.05, 0) is 12.1 Å². The number of hydrogen-bond donors (Lipinski definition) is 0. The molecule has 0 spiro atoms. The van der Waals surface area contributed by atoms with Gasteiger partial charge in [0.15, 0.2) is 11.6 Å². The Balaban J connectivity index is 1.43. The first-order chi connectivity index (χ1) is 12.7. The number of anilines is 3. The van der Waals surface area contributed by atoms with Crippen molar-refractivity contribution >= 4 is 29.2 Å². The van der Waals surface area contributed by atoms with E-state index in [9.17, 15) is 4.39 Å². The zero-order valence-corrected chi connectivity index (χ0v) is 15.1. The van der Waals surface area contributed by atoms with Crippen molar-refractivity contribution in [3.8, 4) is 0 Å². The first-order valence-electron chi connectivity index (χ1n) is 8.67. The SMILES string of the molecule is Fc1cc(Cl)cnc1N1CCN(c2ccnc(N3CCOCC3)n2)CC1. The van der Waals surface area contributed by atoms with Crippen molar-refractivity contribution in [3.63, 3.8) is 0 Å². The Bertz CT molecular complexity index is 765. The molecule has 26 heavy (non-hydrogen) atoms. The summed E-state index contributed by atoms with van der Waals surface area (Å²) < 4.78 is 19.5. The van der Waals surface area contributed by atoms with Gasteiger partial charge in [-0.1, -0.05) is 11.6 Å². The predicted octanol–water partition coefficient (Wildman–Crippen LogP) is 1.83. The van der Waals surface area contributed by atoms with E-state index < -0.39 is 0 Å². The van der Waals surface area contributed by atoms with Gasteiger partial charge in [0.25, 0.3) is 0 Å². The zero-order valence-electron chi connectivity index (χ0n) is 14.3. The van der Waals surface area contributed by atoms with Gasteiger partial charge in [0, 0.05) is 51.7 Å². The van der Waals surface area contributed by atoms with E-state index in [1.165, 1.54) is 12.3 Å². The minimum atomic E-state index is -0.386. The third-order valence-corrected chi connectivity index (χ3v) is 4.82. The maximum absolute atomic E-state index is 14.1. The third kappa shape index (κ3) is 3.66. The van der Waals surface area contributed by atoms with Crippen LogP contribution in [-0.2, 0) is 4.74 Å². The highest BCUT2D eigenvalue weighted by molar-refractivity contribution is 6.30. The normalized spacial score (nSPS) is 18.3. The molecule has 0 atom stereocenters. The Hall–Kier alpha value is -2.19. The Morgan fingerprint density at radius 1 is 0.962 bits per heavy atom. The third-order valence-electron chi connectivity index (χ3n) is 4.61. The smallest absolute Gasteiger partial charge is 0.227 e. The zero-order chi connectivity index (χ0) is 17.9. The van der Waals surface area contributed by atoms with Gasteiger partial charge in [0.2, 0.25) is 5.95 Å². The fourth-order valence-electron chi connectivity index (χ4n) is 3.22. The molecule has 4 heterocycles. The fourth-order valence-corrected chi connectivity index (χ4v) is 3.36. The lowest BCUT2D eigenvalue weighted by atomic mass is 10.3. The van der Waals surface area contributed by atoms with Crippen LogP contribution in [0, 0.1) is 5.82 Å². The summed E-state index contributed by atoms with van der Waals surface area (Å²) in [5.41, 5.74) is 0. The lowest BCUT2D eigenvalue weighted by Crippen LogP contribution is -2.47. The van der Waals surface area contributed by atoms with E-state index in [-0.39, 0.29) is 5.82 Å². The minimum absolute atomic E-state index is 0.307. The average molecular weight is 379 g/mol. The number of morpholine rings is 1. The molecule has 2 aliphatic rings. The molecular weight excluding hydrogens is 359 g/mol. The molecule has 7 nitrogen and oxygen atoms in total. The average Bonchev–Trinajstić information content (AvgIpc) is 2.69. The molecule has 0 saturated carbocycles. The van der Waals surface area contributed by atoms with E-state index in [1.54, 1.807) is 6.20 Å². The first kappa shape index (κ1) is 17.2. The molecule has 9 heteroatoms. The van der Waals surface area contributed by atoms with Gasteiger partial charge in [-0.3, -0.25) is 0 Å². The molecule has 4 rings (SSSR count). The van der Waals surface area contributed by atoms with Crippen molar-refractivity contribution in [3.05, 3.63) is 35.4 Å². The molecule has 2 aromatic rings. The molecule has 0 bridgehead atoms. The summed E-state index contributed by atoms with van der Waals surface area (Å²) in [7, 11) is 0. The number of rotatable bonds is 3. The summed E-state index contributed by atoms with van der Waals surface area (Å²) in [5, 5.41) is 0.307. The lowest BCUT2D eigenvalue weighted by molar-refractivity contribution is 0.122. The number of hydrogen-bond acceptors (Lipinski definition) is 7. The Labute approximate surface area is 156 Å². The van der Waals surface area contributed by atoms with Crippen molar-refractivity contribution in [2.75, 3.05) is 67.2 Å². The highest BCUT2D eigenvalue weighted by atomic mass is 35.5. The summed E-state index contributed by atoms with van der Waals surface area (Å²) in [5.74, 6) is 1.60. The van der Waals surface area contributed by atoms with Crippen LogP contribution in [0.4, 0.5) is 22.0 Å². The molecule has 2 saturated heterocycles. The molecule has 0 unspecified atom stereocenters. The Kier molecular flexibility index (Phi) is 5.03. The van der Waals surface area contributed by atoms with Gasteiger partial charge >= 0.3 is 0 Å². The summed E-state index contributed by atoms with van der Waals surface area (Å²) in [4.78, 5) is 19.5. The summed E-state index contributed by atoms with van der Waals surface area (Å²) >= 11 is 5.78. The van der Waals surface area contributed by atoms with Crippen LogP contribution in [0.2, 0.25) is 5.02 Å². The second-order valence-electron chi connectivity index (χ2n) is 6.25. The van der Waals surface area contributed by atoms with Crippen LogP contribution < -0.4 is 14.7 Å².